The monoisotopic (exact) mass is 240 g/mol. The third-order valence-electron chi connectivity index (χ3n) is 3.38. The number of benzene rings is 2. The van der Waals surface area contributed by atoms with E-state index in [0.717, 1.165) is 29.9 Å². The third-order valence-corrected chi connectivity index (χ3v) is 3.38. The topological polar surface area (TPSA) is 29.5 Å². The summed E-state index contributed by atoms with van der Waals surface area (Å²) in [5.41, 5.74) is 3.26. The van der Waals surface area contributed by atoms with Crippen molar-refractivity contribution in [1.82, 2.24) is 0 Å². The quantitative estimate of drug-likeness (QED) is 0.894. The normalized spacial score (nSPS) is 14.9. The number of hydrogen-bond acceptors (Lipinski definition) is 2. The molecule has 2 aromatic carbocycles. The van der Waals surface area contributed by atoms with Crippen LogP contribution in [-0.4, -0.2) is 11.7 Å². The van der Waals surface area contributed by atoms with Crippen LogP contribution in [0.3, 0.4) is 0 Å². The van der Waals surface area contributed by atoms with Crippen LogP contribution in [0.2, 0.25) is 0 Å². The highest BCUT2D eigenvalue weighted by Gasteiger charge is 2.20. The first-order valence-corrected chi connectivity index (χ1v) is 6.31. The molecule has 0 aromatic heterocycles. The zero-order valence-corrected chi connectivity index (χ0v) is 10.2. The highest BCUT2D eigenvalue weighted by atomic mass is 16.5. The van der Waals surface area contributed by atoms with E-state index in [2.05, 4.69) is 6.07 Å². The molecule has 18 heavy (non-hydrogen) atoms. The summed E-state index contributed by atoms with van der Waals surface area (Å²) in [6, 6.07) is 16.1. The van der Waals surface area contributed by atoms with Crippen molar-refractivity contribution in [3.05, 3.63) is 65.2 Å². The minimum atomic E-state index is -0.500. The van der Waals surface area contributed by atoms with Crippen LogP contribution < -0.4 is 4.74 Å². The standard InChI is InChI=1S/C16H16O2/c17-15(11-12-5-2-1-3-6-12)14-8-4-7-13-9-10-18-16(13)14/h1-8,15,17H,9-11H2. The molecule has 2 nitrogen and oxygen atoms in total. The largest absolute Gasteiger partial charge is 0.493 e. The molecule has 2 aromatic rings. The molecule has 0 radical (unpaired) electrons. The summed E-state index contributed by atoms with van der Waals surface area (Å²) < 4.78 is 5.63. The molecule has 0 saturated carbocycles. The van der Waals surface area contributed by atoms with Crippen LogP contribution in [0.15, 0.2) is 48.5 Å². The number of rotatable bonds is 3. The maximum Gasteiger partial charge on any atom is 0.128 e. The molecule has 3 rings (SSSR count). The van der Waals surface area contributed by atoms with Crippen LogP contribution in [0.1, 0.15) is 22.8 Å². The molecule has 1 aliphatic heterocycles. The maximum atomic E-state index is 10.4. The Hall–Kier alpha value is -1.80. The molecule has 0 spiro atoms. The summed E-state index contributed by atoms with van der Waals surface area (Å²) in [5.74, 6) is 0.890. The van der Waals surface area contributed by atoms with Crippen LogP contribution in [0.5, 0.6) is 5.75 Å². The zero-order valence-electron chi connectivity index (χ0n) is 10.2. The minimum absolute atomic E-state index is 0.500. The van der Waals surface area contributed by atoms with Gasteiger partial charge in [-0.15, -0.1) is 0 Å². The van der Waals surface area contributed by atoms with Gasteiger partial charge in [0.15, 0.2) is 0 Å². The van der Waals surface area contributed by atoms with E-state index in [4.69, 9.17) is 4.74 Å². The Morgan fingerprint density at radius 3 is 2.72 bits per heavy atom. The van der Waals surface area contributed by atoms with Gasteiger partial charge in [0, 0.05) is 18.4 Å². The summed E-state index contributed by atoms with van der Waals surface area (Å²) in [6.45, 7) is 0.727. The van der Waals surface area contributed by atoms with Crippen LogP contribution in [-0.2, 0) is 12.8 Å². The Kier molecular flexibility index (Phi) is 3.03. The van der Waals surface area contributed by atoms with Gasteiger partial charge in [-0.25, -0.2) is 0 Å². The van der Waals surface area contributed by atoms with Gasteiger partial charge in [0.1, 0.15) is 5.75 Å². The lowest BCUT2D eigenvalue weighted by molar-refractivity contribution is 0.173. The molecule has 1 N–H and O–H groups in total. The van der Waals surface area contributed by atoms with Gasteiger partial charge in [-0.1, -0.05) is 48.5 Å². The summed E-state index contributed by atoms with van der Waals surface area (Å²) >= 11 is 0. The molecule has 1 aliphatic rings. The van der Waals surface area contributed by atoms with E-state index in [1.807, 2.05) is 42.5 Å². The molecular formula is C16H16O2. The van der Waals surface area contributed by atoms with E-state index in [0.29, 0.717) is 6.42 Å². The van der Waals surface area contributed by atoms with Crippen molar-refractivity contribution in [1.29, 1.82) is 0 Å². The Bertz CT molecular complexity index is 534. The van der Waals surface area contributed by atoms with Crippen molar-refractivity contribution in [2.45, 2.75) is 18.9 Å². The van der Waals surface area contributed by atoms with Crippen molar-refractivity contribution in [2.24, 2.45) is 0 Å². The van der Waals surface area contributed by atoms with Crippen molar-refractivity contribution >= 4 is 0 Å². The van der Waals surface area contributed by atoms with Gasteiger partial charge >= 0.3 is 0 Å². The smallest absolute Gasteiger partial charge is 0.128 e. The second-order valence-electron chi connectivity index (χ2n) is 4.64. The van der Waals surface area contributed by atoms with Crippen LogP contribution in [0.25, 0.3) is 0 Å². The van der Waals surface area contributed by atoms with Crippen LogP contribution in [0, 0.1) is 0 Å². The van der Waals surface area contributed by atoms with E-state index < -0.39 is 6.10 Å². The average molecular weight is 240 g/mol. The van der Waals surface area contributed by atoms with Crippen LogP contribution in [0.4, 0.5) is 0 Å². The maximum absolute atomic E-state index is 10.4. The molecular weight excluding hydrogens is 224 g/mol. The van der Waals surface area contributed by atoms with E-state index in [-0.39, 0.29) is 0 Å². The predicted molar refractivity (Wildman–Crippen MR) is 70.7 cm³/mol. The van der Waals surface area contributed by atoms with Crippen molar-refractivity contribution < 1.29 is 9.84 Å². The van der Waals surface area contributed by atoms with E-state index >= 15 is 0 Å². The second kappa shape index (κ2) is 4.83. The van der Waals surface area contributed by atoms with Gasteiger partial charge in [0.25, 0.3) is 0 Å². The van der Waals surface area contributed by atoms with Crippen molar-refractivity contribution in [3.63, 3.8) is 0 Å². The molecule has 0 saturated heterocycles. The van der Waals surface area contributed by atoms with E-state index in [1.54, 1.807) is 0 Å². The first-order valence-electron chi connectivity index (χ1n) is 6.31. The van der Waals surface area contributed by atoms with Crippen molar-refractivity contribution in [2.75, 3.05) is 6.61 Å². The summed E-state index contributed by atoms with van der Waals surface area (Å²) in [7, 11) is 0. The van der Waals surface area contributed by atoms with E-state index in [1.165, 1.54) is 5.56 Å². The Labute approximate surface area is 107 Å². The van der Waals surface area contributed by atoms with Gasteiger partial charge in [-0.2, -0.15) is 0 Å². The molecule has 92 valence electrons. The SMILES string of the molecule is OC(Cc1ccccc1)c1cccc2c1OCC2. The minimum Gasteiger partial charge on any atom is -0.493 e. The highest BCUT2D eigenvalue weighted by molar-refractivity contribution is 5.45. The van der Waals surface area contributed by atoms with Gasteiger partial charge in [-0.05, 0) is 11.1 Å². The van der Waals surface area contributed by atoms with E-state index in [9.17, 15) is 5.11 Å². The molecule has 0 bridgehead atoms. The zero-order chi connectivity index (χ0) is 12.4. The second-order valence-corrected chi connectivity index (χ2v) is 4.64. The number of aliphatic hydroxyl groups is 1. The third kappa shape index (κ3) is 2.12. The Morgan fingerprint density at radius 1 is 1.06 bits per heavy atom. The first kappa shape index (κ1) is 11.3. The lowest BCUT2D eigenvalue weighted by Crippen LogP contribution is -2.03. The fourth-order valence-corrected chi connectivity index (χ4v) is 2.45. The van der Waals surface area contributed by atoms with Gasteiger partial charge in [0.05, 0.1) is 12.7 Å². The predicted octanol–water partition coefficient (Wildman–Crippen LogP) is 2.90. The number of hydrogen-bond donors (Lipinski definition) is 1. The summed E-state index contributed by atoms with van der Waals surface area (Å²) in [5, 5.41) is 10.4. The fourth-order valence-electron chi connectivity index (χ4n) is 2.45. The lowest BCUT2D eigenvalue weighted by atomic mass is 9.98. The highest BCUT2D eigenvalue weighted by Crippen LogP contribution is 2.34. The fraction of sp³-hybridized carbons (Fsp3) is 0.250. The molecule has 1 heterocycles. The molecule has 1 unspecified atom stereocenters. The van der Waals surface area contributed by atoms with Gasteiger partial charge in [0.2, 0.25) is 0 Å². The number of para-hydroxylation sites is 1. The lowest BCUT2D eigenvalue weighted by Gasteiger charge is -2.14. The summed E-state index contributed by atoms with van der Waals surface area (Å²) in [6.07, 6.45) is 1.07. The number of fused-ring (bicyclic) bond motifs is 1. The van der Waals surface area contributed by atoms with Gasteiger partial charge in [-0.3, -0.25) is 0 Å². The molecule has 1 atom stereocenters. The Morgan fingerprint density at radius 2 is 1.89 bits per heavy atom. The van der Waals surface area contributed by atoms with Crippen molar-refractivity contribution in [3.8, 4) is 5.75 Å². The van der Waals surface area contributed by atoms with Crippen LogP contribution >= 0.6 is 0 Å². The van der Waals surface area contributed by atoms with Gasteiger partial charge < -0.3 is 9.84 Å². The number of aliphatic hydroxyl groups excluding tert-OH is 1. The number of ether oxygens (including phenoxy) is 1. The average Bonchev–Trinajstić information content (AvgIpc) is 2.87. The molecule has 0 amide bonds. The molecule has 2 heteroatoms. The summed E-state index contributed by atoms with van der Waals surface area (Å²) in [4.78, 5) is 0. The first-order chi connectivity index (χ1) is 8.84. The Balaban J connectivity index is 1.85. The molecule has 0 aliphatic carbocycles. The molecule has 0 fully saturated rings.